The first-order chi connectivity index (χ1) is 7.58. The second-order valence-corrected chi connectivity index (χ2v) is 4.04. The van der Waals surface area contributed by atoms with E-state index >= 15 is 0 Å². The molecular weight excluding hydrogens is 200 g/mol. The Morgan fingerprint density at radius 2 is 2.19 bits per heavy atom. The highest BCUT2D eigenvalue weighted by molar-refractivity contribution is 5.42. The van der Waals surface area contributed by atoms with Crippen molar-refractivity contribution in [1.82, 2.24) is 4.98 Å². The Kier molecular flexibility index (Phi) is 4.50. The minimum atomic E-state index is 0.0473. The van der Waals surface area contributed by atoms with E-state index in [4.69, 9.17) is 5.11 Å². The number of likely N-dealkylation sites (N-methyl/N-ethyl adjacent to an activating group) is 1. The van der Waals surface area contributed by atoms with E-state index in [2.05, 4.69) is 23.4 Å². The van der Waals surface area contributed by atoms with Crippen LogP contribution in [0.5, 0.6) is 0 Å². The quantitative estimate of drug-likeness (QED) is 0.773. The monoisotopic (exact) mass is 220 g/mol. The highest BCUT2D eigenvalue weighted by Crippen LogP contribution is 2.15. The number of aliphatic hydroxyl groups is 1. The number of anilines is 1. The van der Waals surface area contributed by atoms with E-state index in [1.165, 1.54) is 0 Å². The van der Waals surface area contributed by atoms with Crippen molar-refractivity contribution in [3.8, 4) is 0 Å². The molecule has 3 heteroatoms. The molecule has 16 heavy (non-hydrogen) atoms. The van der Waals surface area contributed by atoms with Crippen molar-refractivity contribution in [2.75, 3.05) is 18.0 Å². The van der Waals surface area contributed by atoms with Crippen LogP contribution in [0.25, 0.3) is 0 Å². The molecule has 0 aliphatic carbocycles. The summed E-state index contributed by atoms with van der Waals surface area (Å²) in [6.45, 7) is 11.7. The highest BCUT2D eigenvalue weighted by atomic mass is 16.3. The lowest BCUT2D eigenvalue weighted by atomic mass is 10.2. The van der Waals surface area contributed by atoms with Gasteiger partial charge in [0.15, 0.2) is 0 Å². The third kappa shape index (κ3) is 3.07. The van der Waals surface area contributed by atoms with Crippen LogP contribution in [0.15, 0.2) is 24.3 Å². The lowest BCUT2D eigenvalue weighted by Gasteiger charge is -2.22. The zero-order chi connectivity index (χ0) is 12.1. The summed E-state index contributed by atoms with van der Waals surface area (Å²) in [6.07, 6.45) is 0. The van der Waals surface area contributed by atoms with Gasteiger partial charge in [-0.3, -0.25) is 0 Å². The number of aryl methyl sites for hydroxylation is 1. The molecular formula is C13H20N2O. The van der Waals surface area contributed by atoms with Crippen LogP contribution in [0.2, 0.25) is 0 Å². The molecule has 0 unspecified atom stereocenters. The normalized spacial score (nSPS) is 10.2. The second kappa shape index (κ2) is 5.66. The lowest BCUT2D eigenvalue weighted by molar-refractivity contribution is 0.280. The fraction of sp³-hybridized carbons (Fsp3) is 0.462. The van der Waals surface area contributed by atoms with Crippen LogP contribution < -0.4 is 4.90 Å². The molecule has 88 valence electrons. The summed E-state index contributed by atoms with van der Waals surface area (Å²) in [5.74, 6) is 0.945. The van der Waals surface area contributed by atoms with Gasteiger partial charge in [0.2, 0.25) is 0 Å². The van der Waals surface area contributed by atoms with Crippen LogP contribution in [0.4, 0.5) is 5.82 Å². The van der Waals surface area contributed by atoms with Gasteiger partial charge in [-0.15, -0.1) is 0 Å². The summed E-state index contributed by atoms with van der Waals surface area (Å²) >= 11 is 0. The average molecular weight is 220 g/mol. The molecule has 0 saturated heterocycles. The molecule has 1 rings (SSSR count). The first-order valence-electron chi connectivity index (χ1n) is 5.55. The van der Waals surface area contributed by atoms with E-state index in [9.17, 15) is 0 Å². The Morgan fingerprint density at radius 1 is 1.50 bits per heavy atom. The van der Waals surface area contributed by atoms with Gasteiger partial charge in [0.25, 0.3) is 0 Å². The zero-order valence-electron chi connectivity index (χ0n) is 10.3. The van der Waals surface area contributed by atoms with Gasteiger partial charge >= 0.3 is 0 Å². The van der Waals surface area contributed by atoms with Crippen molar-refractivity contribution in [2.24, 2.45) is 0 Å². The molecule has 1 N–H and O–H groups in total. The van der Waals surface area contributed by atoms with E-state index in [1.54, 1.807) is 0 Å². The predicted octanol–water partition coefficient (Wildman–Crippen LogP) is 2.28. The van der Waals surface area contributed by atoms with Gasteiger partial charge in [0, 0.05) is 18.8 Å². The van der Waals surface area contributed by atoms with Gasteiger partial charge in [-0.1, -0.05) is 18.2 Å². The van der Waals surface area contributed by atoms with E-state index in [1.807, 2.05) is 26.0 Å². The summed E-state index contributed by atoms with van der Waals surface area (Å²) in [5, 5.41) is 9.08. The Bertz CT molecular complexity index is 374. The van der Waals surface area contributed by atoms with E-state index in [0.29, 0.717) is 0 Å². The van der Waals surface area contributed by atoms with Crippen LogP contribution in [-0.4, -0.2) is 23.2 Å². The molecule has 0 amide bonds. The zero-order valence-corrected chi connectivity index (χ0v) is 10.3. The van der Waals surface area contributed by atoms with Crippen LogP contribution in [0.1, 0.15) is 25.1 Å². The number of aliphatic hydroxyl groups excluding tert-OH is 1. The Labute approximate surface area is 97.4 Å². The van der Waals surface area contributed by atoms with Crippen molar-refractivity contribution in [3.63, 3.8) is 0 Å². The van der Waals surface area contributed by atoms with Crippen molar-refractivity contribution in [2.45, 2.75) is 27.4 Å². The summed E-state index contributed by atoms with van der Waals surface area (Å²) < 4.78 is 0. The third-order valence-electron chi connectivity index (χ3n) is 2.52. The van der Waals surface area contributed by atoms with Gasteiger partial charge < -0.3 is 10.0 Å². The largest absolute Gasteiger partial charge is 0.392 e. The average Bonchev–Trinajstić information content (AvgIpc) is 2.25. The smallest absolute Gasteiger partial charge is 0.129 e. The van der Waals surface area contributed by atoms with Crippen LogP contribution in [0.3, 0.4) is 0 Å². The van der Waals surface area contributed by atoms with Gasteiger partial charge in [0.05, 0.1) is 6.61 Å². The molecule has 1 heterocycles. The van der Waals surface area contributed by atoms with E-state index in [-0.39, 0.29) is 6.61 Å². The fourth-order valence-corrected chi connectivity index (χ4v) is 1.60. The second-order valence-electron chi connectivity index (χ2n) is 4.04. The highest BCUT2D eigenvalue weighted by Gasteiger charge is 2.07. The lowest BCUT2D eigenvalue weighted by Crippen LogP contribution is -2.25. The van der Waals surface area contributed by atoms with Gasteiger partial charge in [0.1, 0.15) is 5.82 Å². The maximum absolute atomic E-state index is 9.08. The van der Waals surface area contributed by atoms with Crippen molar-refractivity contribution in [1.29, 1.82) is 0 Å². The number of nitrogens with zero attached hydrogens (tertiary/aromatic N) is 2. The molecule has 3 nitrogen and oxygen atoms in total. The minimum Gasteiger partial charge on any atom is -0.392 e. The van der Waals surface area contributed by atoms with Gasteiger partial charge in [-0.25, -0.2) is 4.98 Å². The number of aromatic nitrogens is 1. The molecule has 0 aliphatic heterocycles. The van der Waals surface area contributed by atoms with Gasteiger partial charge in [-0.05, 0) is 32.4 Å². The molecule has 0 aromatic carbocycles. The first-order valence-corrected chi connectivity index (χ1v) is 5.55. The Hall–Kier alpha value is -1.35. The van der Waals surface area contributed by atoms with Crippen LogP contribution in [-0.2, 0) is 6.61 Å². The van der Waals surface area contributed by atoms with E-state index < -0.39 is 0 Å². The molecule has 0 saturated carbocycles. The standard InChI is InChI=1S/C13H20N2O/c1-5-15(8-10(2)3)13-7-6-12(9-16)11(4)14-13/h6-7,16H,2,5,8-9H2,1,3-4H3. The van der Waals surface area contributed by atoms with Crippen molar-refractivity contribution in [3.05, 3.63) is 35.5 Å². The number of pyridine rings is 1. The number of rotatable bonds is 5. The molecule has 0 bridgehead atoms. The Balaban J connectivity index is 2.93. The summed E-state index contributed by atoms with van der Waals surface area (Å²) in [6, 6.07) is 3.88. The summed E-state index contributed by atoms with van der Waals surface area (Å²) in [5.41, 5.74) is 2.89. The van der Waals surface area contributed by atoms with Gasteiger partial charge in [-0.2, -0.15) is 0 Å². The molecule has 1 aromatic rings. The summed E-state index contributed by atoms with van der Waals surface area (Å²) in [4.78, 5) is 6.66. The van der Waals surface area contributed by atoms with Crippen molar-refractivity contribution < 1.29 is 5.11 Å². The van der Waals surface area contributed by atoms with Crippen LogP contribution in [0, 0.1) is 6.92 Å². The number of hydrogen-bond donors (Lipinski definition) is 1. The topological polar surface area (TPSA) is 36.4 Å². The summed E-state index contributed by atoms with van der Waals surface area (Å²) in [7, 11) is 0. The van der Waals surface area contributed by atoms with Crippen molar-refractivity contribution >= 4 is 5.82 Å². The fourth-order valence-electron chi connectivity index (χ4n) is 1.60. The Morgan fingerprint density at radius 3 is 2.62 bits per heavy atom. The van der Waals surface area contributed by atoms with Crippen LogP contribution >= 0.6 is 0 Å². The first kappa shape index (κ1) is 12.7. The van der Waals surface area contributed by atoms with E-state index in [0.717, 1.165) is 35.7 Å². The maximum Gasteiger partial charge on any atom is 0.129 e. The molecule has 0 radical (unpaired) electrons. The predicted molar refractivity (Wildman–Crippen MR) is 67.6 cm³/mol. The number of hydrogen-bond acceptors (Lipinski definition) is 3. The molecule has 0 aliphatic rings. The minimum absolute atomic E-state index is 0.0473. The molecule has 1 aromatic heterocycles. The molecule has 0 fully saturated rings. The molecule has 0 spiro atoms. The third-order valence-corrected chi connectivity index (χ3v) is 2.52. The maximum atomic E-state index is 9.08. The SMILES string of the molecule is C=C(C)CN(CC)c1ccc(CO)c(C)n1. The molecule has 0 atom stereocenters.